The number of benzene rings is 2. The fourth-order valence-corrected chi connectivity index (χ4v) is 3.36. The molecule has 1 aliphatic rings. The summed E-state index contributed by atoms with van der Waals surface area (Å²) < 4.78 is 52.8. The van der Waals surface area contributed by atoms with Gasteiger partial charge in [0.2, 0.25) is 5.91 Å². The number of nitrogens with zero attached hydrogens (tertiary/aromatic N) is 1. The Morgan fingerprint density at radius 2 is 1.94 bits per heavy atom. The first-order valence-corrected chi connectivity index (χ1v) is 9.54. The zero-order valence-corrected chi connectivity index (χ0v) is 19.1. The highest BCUT2D eigenvalue weighted by Crippen LogP contribution is 2.33. The maximum Gasteiger partial charge on any atom is 0.416 e. The first-order valence-electron chi connectivity index (χ1n) is 9.54. The number of halogens is 5. The van der Waals surface area contributed by atoms with E-state index in [1.807, 2.05) is 31.2 Å². The molecule has 5 nitrogen and oxygen atoms in total. The standard InChI is InChI=1S/C21H22F4N4O.HI/c1-2-26-20(27-11-13-7-8-15(22)10-17(13)21(23,24)25)28-12-14-9-19(30)29-18-6-4-3-5-16(14)18;/h3-8,10,14H,2,9,11-12H2,1H3,(H,29,30)(H2,26,27,28);1H. The summed E-state index contributed by atoms with van der Waals surface area (Å²) in [6, 6.07) is 10.0. The largest absolute Gasteiger partial charge is 0.416 e. The molecule has 168 valence electrons. The summed E-state index contributed by atoms with van der Waals surface area (Å²) in [5.41, 5.74) is 0.574. The molecule has 10 heteroatoms. The van der Waals surface area contributed by atoms with E-state index in [2.05, 4.69) is 20.9 Å². The summed E-state index contributed by atoms with van der Waals surface area (Å²) in [5.74, 6) is -0.827. The smallest absolute Gasteiger partial charge is 0.357 e. The lowest BCUT2D eigenvalue weighted by molar-refractivity contribution is -0.138. The van der Waals surface area contributed by atoms with Gasteiger partial charge in [0.25, 0.3) is 0 Å². The lowest BCUT2D eigenvalue weighted by Gasteiger charge is -2.26. The average molecular weight is 550 g/mol. The minimum atomic E-state index is -4.67. The minimum Gasteiger partial charge on any atom is -0.357 e. The fraction of sp³-hybridized carbons (Fsp3) is 0.333. The number of aliphatic imine (C=N–C) groups is 1. The molecule has 3 N–H and O–H groups in total. The topological polar surface area (TPSA) is 65.5 Å². The Hall–Kier alpha value is -2.37. The molecular formula is C21H23F4IN4O. The van der Waals surface area contributed by atoms with Gasteiger partial charge in [-0.1, -0.05) is 24.3 Å². The van der Waals surface area contributed by atoms with Gasteiger partial charge in [-0.25, -0.2) is 9.38 Å². The van der Waals surface area contributed by atoms with Crippen molar-refractivity contribution in [3.8, 4) is 0 Å². The number of amides is 1. The summed E-state index contributed by atoms with van der Waals surface area (Å²) in [7, 11) is 0. The number of guanidine groups is 1. The van der Waals surface area contributed by atoms with Crippen LogP contribution in [0.5, 0.6) is 0 Å². The highest BCUT2D eigenvalue weighted by molar-refractivity contribution is 14.0. The van der Waals surface area contributed by atoms with Gasteiger partial charge in [-0.3, -0.25) is 4.79 Å². The van der Waals surface area contributed by atoms with Crippen LogP contribution in [0.15, 0.2) is 47.5 Å². The number of para-hydroxylation sites is 1. The number of rotatable bonds is 5. The number of alkyl halides is 3. The Morgan fingerprint density at radius 1 is 1.19 bits per heavy atom. The van der Waals surface area contributed by atoms with Gasteiger partial charge >= 0.3 is 6.18 Å². The zero-order valence-electron chi connectivity index (χ0n) is 16.7. The first kappa shape index (κ1) is 24.9. The molecule has 2 aromatic rings. The van der Waals surface area contributed by atoms with Crippen LogP contribution in [0.25, 0.3) is 0 Å². The maximum atomic E-state index is 13.3. The van der Waals surface area contributed by atoms with Crippen molar-refractivity contribution in [3.05, 3.63) is 65.0 Å². The molecule has 1 amide bonds. The molecule has 0 saturated carbocycles. The van der Waals surface area contributed by atoms with E-state index in [1.165, 1.54) is 0 Å². The van der Waals surface area contributed by atoms with Gasteiger partial charge in [-0.2, -0.15) is 13.2 Å². The molecular weight excluding hydrogens is 527 g/mol. The van der Waals surface area contributed by atoms with Gasteiger partial charge in [0, 0.05) is 31.1 Å². The summed E-state index contributed by atoms with van der Waals surface area (Å²) in [5, 5.41) is 8.90. The predicted molar refractivity (Wildman–Crippen MR) is 122 cm³/mol. The second kappa shape index (κ2) is 10.8. The summed E-state index contributed by atoms with van der Waals surface area (Å²) >= 11 is 0. The lowest BCUT2D eigenvalue weighted by atomic mass is 9.90. The van der Waals surface area contributed by atoms with E-state index < -0.39 is 17.6 Å². The number of carbonyl (C=O) groups excluding carboxylic acids is 1. The molecule has 1 atom stereocenters. The Morgan fingerprint density at radius 3 is 2.65 bits per heavy atom. The molecule has 1 heterocycles. The van der Waals surface area contributed by atoms with Crippen LogP contribution in [0, 0.1) is 5.82 Å². The molecule has 0 radical (unpaired) electrons. The van der Waals surface area contributed by atoms with E-state index in [0.29, 0.717) is 31.5 Å². The van der Waals surface area contributed by atoms with Crippen molar-refractivity contribution in [1.29, 1.82) is 0 Å². The van der Waals surface area contributed by atoms with Crippen LogP contribution in [0.4, 0.5) is 23.2 Å². The van der Waals surface area contributed by atoms with Crippen LogP contribution in [0.2, 0.25) is 0 Å². The quantitative estimate of drug-likeness (QED) is 0.220. The Balaban J connectivity index is 0.00000341. The van der Waals surface area contributed by atoms with Gasteiger partial charge in [0.05, 0.1) is 12.1 Å². The lowest BCUT2D eigenvalue weighted by Crippen LogP contribution is -2.40. The monoisotopic (exact) mass is 550 g/mol. The molecule has 0 saturated heterocycles. The SMILES string of the molecule is CCNC(=NCc1ccc(F)cc1C(F)(F)F)NCC1CC(=O)Nc2ccccc21.I. The summed E-state index contributed by atoms with van der Waals surface area (Å²) in [4.78, 5) is 16.2. The van der Waals surface area contributed by atoms with Crippen LogP contribution < -0.4 is 16.0 Å². The highest BCUT2D eigenvalue weighted by Gasteiger charge is 2.33. The third kappa shape index (κ3) is 6.55. The summed E-state index contributed by atoms with van der Waals surface area (Å²) in [6.07, 6.45) is -4.38. The van der Waals surface area contributed by atoms with Crippen molar-refractivity contribution in [2.24, 2.45) is 4.99 Å². The van der Waals surface area contributed by atoms with Crippen LogP contribution in [-0.2, 0) is 17.5 Å². The third-order valence-corrected chi connectivity index (χ3v) is 4.75. The molecule has 2 aromatic carbocycles. The van der Waals surface area contributed by atoms with Crippen LogP contribution in [0.3, 0.4) is 0 Å². The van der Waals surface area contributed by atoms with E-state index in [-0.39, 0.29) is 47.9 Å². The molecule has 0 bridgehead atoms. The molecule has 0 spiro atoms. The minimum absolute atomic E-state index is 0. The number of fused-ring (bicyclic) bond motifs is 1. The maximum absolute atomic E-state index is 13.3. The second-order valence-electron chi connectivity index (χ2n) is 6.91. The van der Waals surface area contributed by atoms with E-state index in [9.17, 15) is 22.4 Å². The van der Waals surface area contributed by atoms with Crippen LogP contribution in [-0.4, -0.2) is 25.0 Å². The number of hydrogen-bond acceptors (Lipinski definition) is 2. The van der Waals surface area contributed by atoms with E-state index in [1.54, 1.807) is 0 Å². The molecule has 0 aliphatic carbocycles. The molecule has 31 heavy (non-hydrogen) atoms. The Kier molecular flexibility index (Phi) is 8.66. The predicted octanol–water partition coefficient (Wildman–Crippen LogP) is 4.64. The van der Waals surface area contributed by atoms with Gasteiger partial charge < -0.3 is 16.0 Å². The van der Waals surface area contributed by atoms with Crippen molar-refractivity contribution in [1.82, 2.24) is 10.6 Å². The fourth-order valence-electron chi connectivity index (χ4n) is 3.36. The van der Waals surface area contributed by atoms with Crippen molar-refractivity contribution in [2.45, 2.75) is 32.0 Å². The van der Waals surface area contributed by atoms with Gasteiger partial charge in [-0.15, -0.1) is 24.0 Å². The van der Waals surface area contributed by atoms with Crippen molar-refractivity contribution in [3.63, 3.8) is 0 Å². The number of anilines is 1. The molecule has 0 fully saturated rings. The highest BCUT2D eigenvalue weighted by atomic mass is 127. The summed E-state index contributed by atoms with van der Waals surface area (Å²) in [6.45, 7) is 2.45. The normalized spacial score (nSPS) is 16.1. The van der Waals surface area contributed by atoms with Crippen molar-refractivity contribution < 1.29 is 22.4 Å². The first-order chi connectivity index (χ1) is 14.3. The number of carbonyl (C=O) groups is 1. The van der Waals surface area contributed by atoms with Crippen molar-refractivity contribution in [2.75, 3.05) is 18.4 Å². The van der Waals surface area contributed by atoms with Gasteiger partial charge in [-0.05, 0) is 36.2 Å². The number of hydrogen-bond donors (Lipinski definition) is 3. The molecule has 3 rings (SSSR count). The Bertz CT molecular complexity index is 949. The van der Waals surface area contributed by atoms with Gasteiger partial charge in [0.1, 0.15) is 5.82 Å². The molecule has 1 unspecified atom stereocenters. The van der Waals surface area contributed by atoms with E-state index in [0.717, 1.165) is 23.4 Å². The number of nitrogens with one attached hydrogen (secondary N) is 3. The van der Waals surface area contributed by atoms with Gasteiger partial charge in [0.15, 0.2) is 5.96 Å². The second-order valence-corrected chi connectivity index (χ2v) is 6.91. The molecule has 0 aromatic heterocycles. The third-order valence-electron chi connectivity index (χ3n) is 4.75. The Labute approximate surface area is 194 Å². The van der Waals surface area contributed by atoms with Crippen LogP contribution >= 0.6 is 24.0 Å². The van der Waals surface area contributed by atoms with Crippen LogP contribution in [0.1, 0.15) is 36.0 Å². The zero-order chi connectivity index (χ0) is 21.7. The van der Waals surface area contributed by atoms with Crippen molar-refractivity contribution >= 4 is 41.5 Å². The van der Waals surface area contributed by atoms with E-state index in [4.69, 9.17) is 0 Å². The van der Waals surface area contributed by atoms with E-state index >= 15 is 0 Å². The molecule has 1 aliphatic heterocycles. The average Bonchev–Trinajstić information content (AvgIpc) is 2.69.